The van der Waals surface area contributed by atoms with Gasteiger partial charge in [0.25, 0.3) is 5.91 Å². The maximum Gasteiger partial charge on any atom is 0.257 e. The van der Waals surface area contributed by atoms with Crippen molar-refractivity contribution in [2.24, 2.45) is 0 Å². The zero-order valence-electron chi connectivity index (χ0n) is 12.2. The number of rotatable bonds is 4. The summed E-state index contributed by atoms with van der Waals surface area (Å²) in [7, 11) is 0. The molecule has 0 saturated heterocycles. The van der Waals surface area contributed by atoms with Crippen molar-refractivity contribution in [1.29, 1.82) is 0 Å². The summed E-state index contributed by atoms with van der Waals surface area (Å²) in [6.45, 7) is 1.51. The number of benzene rings is 1. The number of carbonyl (C=O) groups is 1. The van der Waals surface area contributed by atoms with Gasteiger partial charge in [0.15, 0.2) is 5.76 Å². The summed E-state index contributed by atoms with van der Waals surface area (Å²) in [6, 6.07) is 5.79. The molecule has 22 heavy (non-hydrogen) atoms. The van der Waals surface area contributed by atoms with Crippen LogP contribution in [0.3, 0.4) is 0 Å². The third kappa shape index (κ3) is 2.74. The number of halogens is 1. The van der Waals surface area contributed by atoms with Gasteiger partial charge in [0.2, 0.25) is 0 Å². The number of hydrogen-bond acceptors (Lipinski definition) is 4. The molecule has 3 rings (SSSR count). The van der Waals surface area contributed by atoms with Crippen LogP contribution >= 0.6 is 0 Å². The largest absolute Gasteiger partial charge is 0.385 e. The Bertz CT molecular complexity index is 675. The van der Waals surface area contributed by atoms with Crippen molar-refractivity contribution < 1.29 is 18.8 Å². The summed E-state index contributed by atoms with van der Waals surface area (Å²) >= 11 is 0. The van der Waals surface area contributed by atoms with E-state index < -0.39 is 6.10 Å². The molecule has 116 valence electrons. The summed E-state index contributed by atoms with van der Waals surface area (Å²) in [5.74, 6) is -0.569. The van der Waals surface area contributed by atoms with Gasteiger partial charge in [0, 0.05) is 11.6 Å². The van der Waals surface area contributed by atoms with Crippen molar-refractivity contribution in [3.05, 3.63) is 41.4 Å². The van der Waals surface area contributed by atoms with Crippen LogP contribution in [0.5, 0.6) is 0 Å². The van der Waals surface area contributed by atoms with Gasteiger partial charge in [-0.2, -0.15) is 0 Å². The second-order valence-corrected chi connectivity index (χ2v) is 5.55. The van der Waals surface area contributed by atoms with E-state index >= 15 is 0 Å². The smallest absolute Gasteiger partial charge is 0.257 e. The zero-order chi connectivity index (χ0) is 15.7. The van der Waals surface area contributed by atoms with Crippen molar-refractivity contribution in [3.8, 4) is 11.3 Å². The zero-order valence-corrected chi connectivity index (χ0v) is 12.2. The molecule has 1 heterocycles. The Balaban J connectivity index is 1.98. The second-order valence-electron chi connectivity index (χ2n) is 5.55. The first kappa shape index (κ1) is 14.7. The predicted octanol–water partition coefficient (Wildman–Crippen LogP) is 2.82. The molecular weight excluding hydrogens is 287 g/mol. The molecule has 0 bridgehead atoms. The van der Waals surface area contributed by atoms with Crippen LogP contribution in [0.15, 0.2) is 28.8 Å². The van der Waals surface area contributed by atoms with E-state index in [1.54, 1.807) is 0 Å². The first-order chi connectivity index (χ1) is 10.6. The fourth-order valence-electron chi connectivity index (χ4n) is 2.42. The molecule has 1 fully saturated rings. The first-order valence-electron chi connectivity index (χ1n) is 7.30. The number of hydrogen-bond donors (Lipinski definition) is 2. The Morgan fingerprint density at radius 1 is 1.41 bits per heavy atom. The van der Waals surface area contributed by atoms with Crippen molar-refractivity contribution in [3.63, 3.8) is 0 Å². The van der Waals surface area contributed by atoms with Crippen LogP contribution in [0, 0.1) is 5.82 Å². The monoisotopic (exact) mass is 304 g/mol. The van der Waals surface area contributed by atoms with Crippen LogP contribution in [0.1, 0.15) is 48.4 Å². The van der Waals surface area contributed by atoms with Gasteiger partial charge >= 0.3 is 0 Å². The lowest BCUT2D eigenvalue weighted by Gasteiger charge is -2.26. The summed E-state index contributed by atoms with van der Waals surface area (Å²) in [4.78, 5) is 12.5. The van der Waals surface area contributed by atoms with Crippen molar-refractivity contribution in [1.82, 2.24) is 10.5 Å². The molecule has 1 aliphatic rings. The molecule has 1 unspecified atom stereocenters. The number of aliphatic hydroxyl groups is 1. The predicted molar refractivity (Wildman–Crippen MR) is 77.6 cm³/mol. The molecule has 1 atom stereocenters. The van der Waals surface area contributed by atoms with Gasteiger partial charge in [-0.05, 0) is 50.5 Å². The fourth-order valence-corrected chi connectivity index (χ4v) is 2.42. The van der Waals surface area contributed by atoms with E-state index in [1.165, 1.54) is 31.2 Å². The molecule has 2 aromatic rings. The minimum Gasteiger partial charge on any atom is -0.385 e. The summed E-state index contributed by atoms with van der Waals surface area (Å²) in [5.41, 5.74) is 1.09. The quantitative estimate of drug-likeness (QED) is 0.910. The standard InChI is InChI=1S/C16H17FN2O3/c1-9(20)15-13(16(21)18-12-3-2-4-12)14(19-22-15)10-5-7-11(17)8-6-10/h5-9,12,20H,2-4H2,1H3,(H,18,21). The Labute approximate surface area is 127 Å². The van der Waals surface area contributed by atoms with Gasteiger partial charge in [-0.1, -0.05) is 5.16 Å². The second kappa shape index (κ2) is 5.88. The van der Waals surface area contributed by atoms with Gasteiger partial charge < -0.3 is 14.9 Å². The number of nitrogens with one attached hydrogen (secondary N) is 1. The van der Waals surface area contributed by atoms with E-state index in [2.05, 4.69) is 10.5 Å². The van der Waals surface area contributed by atoms with Gasteiger partial charge in [-0.25, -0.2) is 4.39 Å². The van der Waals surface area contributed by atoms with Crippen LogP contribution < -0.4 is 5.32 Å². The van der Waals surface area contributed by atoms with E-state index in [4.69, 9.17) is 4.52 Å². The van der Waals surface area contributed by atoms with E-state index in [-0.39, 0.29) is 29.1 Å². The Kier molecular flexibility index (Phi) is 3.94. The molecule has 1 amide bonds. The maximum absolute atomic E-state index is 13.1. The summed E-state index contributed by atoms with van der Waals surface area (Å²) < 4.78 is 18.2. The first-order valence-corrected chi connectivity index (χ1v) is 7.30. The molecule has 0 aliphatic heterocycles. The topological polar surface area (TPSA) is 75.4 Å². The summed E-state index contributed by atoms with van der Waals surface area (Å²) in [5, 5.41) is 16.6. The van der Waals surface area contributed by atoms with Crippen molar-refractivity contribution in [2.75, 3.05) is 0 Å². The molecule has 1 aromatic carbocycles. The van der Waals surface area contributed by atoms with Crippen LogP contribution in [0.2, 0.25) is 0 Å². The Morgan fingerprint density at radius 2 is 2.09 bits per heavy atom. The Hall–Kier alpha value is -2.21. The number of amides is 1. The highest BCUT2D eigenvalue weighted by molar-refractivity contribution is 6.01. The van der Waals surface area contributed by atoms with Crippen LogP contribution in [0.4, 0.5) is 4.39 Å². The fraction of sp³-hybridized carbons (Fsp3) is 0.375. The minimum atomic E-state index is -0.955. The number of aromatic nitrogens is 1. The molecule has 6 heteroatoms. The average Bonchev–Trinajstić information content (AvgIpc) is 2.88. The highest BCUT2D eigenvalue weighted by Crippen LogP contribution is 2.30. The normalized spacial score (nSPS) is 16.1. The number of aliphatic hydroxyl groups excluding tert-OH is 1. The van der Waals surface area contributed by atoms with Gasteiger partial charge in [-0.3, -0.25) is 4.79 Å². The van der Waals surface area contributed by atoms with Crippen LogP contribution in [-0.2, 0) is 0 Å². The molecule has 1 aliphatic carbocycles. The molecule has 0 radical (unpaired) electrons. The van der Waals surface area contributed by atoms with Gasteiger partial charge in [-0.15, -0.1) is 0 Å². The van der Waals surface area contributed by atoms with Gasteiger partial charge in [0.1, 0.15) is 23.2 Å². The molecule has 5 nitrogen and oxygen atoms in total. The van der Waals surface area contributed by atoms with E-state index in [0.29, 0.717) is 11.3 Å². The molecule has 0 spiro atoms. The Morgan fingerprint density at radius 3 is 2.64 bits per heavy atom. The lowest BCUT2D eigenvalue weighted by Crippen LogP contribution is -2.39. The molecule has 2 N–H and O–H groups in total. The molecule has 1 aromatic heterocycles. The lowest BCUT2D eigenvalue weighted by atomic mass is 9.92. The van der Waals surface area contributed by atoms with E-state index in [1.807, 2.05) is 0 Å². The van der Waals surface area contributed by atoms with Crippen molar-refractivity contribution in [2.45, 2.75) is 38.3 Å². The van der Waals surface area contributed by atoms with Crippen LogP contribution in [0.25, 0.3) is 11.3 Å². The number of nitrogens with zero attached hydrogens (tertiary/aromatic N) is 1. The SMILES string of the molecule is CC(O)c1onc(-c2ccc(F)cc2)c1C(=O)NC1CCC1. The average molecular weight is 304 g/mol. The summed E-state index contributed by atoms with van der Waals surface area (Å²) in [6.07, 6.45) is 2.05. The van der Waals surface area contributed by atoms with Gasteiger partial charge in [0.05, 0.1) is 0 Å². The van der Waals surface area contributed by atoms with Crippen LogP contribution in [-0.4, -0.2) is 22.2 Å². The lowest BCUT2D eigenvalue weighted by molar-refractivity contribution is 0.0904. The minimum absolute atomic E-state index is 0.121. The number of carbonyl (C=O) groups excluding carboxylic acids is 1. The van der Waals surface area contributed by atoms with E-state index in [9.17, 15) is 14.3 Å². The maximum atomic E-state index is 13.1. The van der Waals surface area contributed by atoms with E-state index in [0.717, 1.165) is 19.3 Å². The van der Waals surface area contributed by atoms with Crippen molar-refractivity contribution >= 4 is 5.91 Å². The highest BCUT2D eigenvalue weighted by Gasteiger charge is 2.29. The molecule has 1 saturated carbocycles. The molecular formula is C16H17FN2O3. The third-order valence-corrected chi connectivity index (χ3v) is 3.88. The third-order valence-electron chi connectivity index (χ3n) is 3.88. The highest BCUT2D eigenvalue weighted by atomic mass is 19.1.